The molecule has 1 aromatic carbocycles. The number of halogens is 2. The lowest BCUT2D eigenvalue weighted by atomic mass is 9.67. The van der Waals surface area contributed by atoms with Gasteiger partial charge in [0.2, 0.25) is 0 Å². The highest BCUT2D eigenvalue weighted by Gasteiger charge is 2.48. The molecule has 0 amide bonds. The molecule has 28 heavy (non-hydrogen) atoms. The number of aryl methyl sites for hydroxylation is 1. The van der Waals surface area contributed by atoms with Gasteiger partial charge >= 0.3 is 0 Å². The Kier molecular flexibility index (Phi) is 7.11. The van der Waals surface area contributed by atoms with Crippen molar-refractivity contribution in [3.8, 4) is 0 Å². The van der Waals surface area contributed by atoms with E-state index in [0.717, 1.165) is 57.4 Å². The van der Waals surface area contributed by atoms with E-state index in [1.54, 1.807) is 0 Å². The summed E-state index contributed by atoms with van der Waals surface area (Å²) in [6, 6.07) is 3.32. The minimum absolute atomic E-state index is 0.0877. The maximum Gasteiger partial charge on any atom is 0.126 e. The summed E-state index contributed by atoms with van der Waals surface area (Å²) >= 11 is 0. The van der Waals surface area contributed by atoms with Gasteiger partial charge in [0.15, 0.2) is 0 Å². The molecule has 1 aromatic rings. The van der Waals surface area contributed by atoms with E-state index >= 15 is 0 Å². The van der Waals surface area contributed by atoms with Crippen molar-refractivity contribution >= 4 is 0 Å². The predicted molar refractivity (Wildman–Crippen MR) is 107 cm³/mol. The lowest BCUT2D eigenvalue weighted by Crippen LogP contribution is -2.65. The Bertz CT molecular complexity index is 627. The molecule has 1 saturated carbocycles. The summed E-state index contributed by atoms with van der Waals surface area (Å²) in [7, 11) is 0. The largest absolute Gasteiger partial charge is 0.391 e. The fourth-order valence-corrected chi connectivity index (χ4v) is 5.36. The Morgan fingerprint density at radius 1 is 1.14 bits per heavy atom. The van der Waals surface area contributed by atoms with E-state index in [2.05, 4.69) is 12.2 Å². The third kappa shape index (κ3) is 5.52. The molecule has 5 heteroatoms. The average Bonchev–Trinajstić information content (AvgIpc) is 2.64. The topological polar surface area (TPSA) is 52.5 Å². The van der Waals surface area contributed by atoms with Crippen molar-refractivity contribution in [3.63, 3.8) is 0 Å². The molecule has 1 saturated heterocycles. The molecule has 1 aliphatic heterocycles. The van der Waals surface area contributed by atoms with Crippen LogP contribution in [0.2, 0.25) is 0 Å². The van der Waals surface area contributed by atoms with Gasteiger partial charge in [0.05, 0.1) is 11.7 Å². The van der Waals surface area contributed by atoms with Gasteiger partial charge in [-0.2, -0.15) is 0 Å². The van der Waals surface area contributed by atoms with Gasteiger partial charge in [0.25, 0.3) is 0 Å². The highest BCUT2D eigenvalue weighted by molar-refractivity contribution is 5.18. The van der Waals surface area contributed by atoms with E-state index in [1.165, 1.54) is 18.6 Å². The van der Waals surface area contributed by atoms with Gasteiger partial charge in [0.1, 0.15) is 11.6 Å². The number of rotatable bonds is 7. The molecule has 3 atom stereocenters. The van der Waals surface area contributed by atoms with Crippen molar-refractivity contribution in [2.75, 3.05) is 0 Å². The van der Waals surface area contributed by atoms with Crippen molar-refractivity contribution in [3.05, 3.63) is 35.4 Å². The zero-order valence-electron chi connectivity index (χ0n) is 17.0. The van der Waals surface area contributed by atoms with Crippen LogP contribution >= 0.6 is 0 Å². The van der Waals surface area contributed by atoms with Crippen LogP contribution in [0.4, 0.5) is 8.78 Å². The molecular weight excluding hydrogens is 360 g/mol. The first-order valence-electron chi connectivity index (χ1n) is 11.0. The molecule has 3 nitrogen and oxygen atoms in total. The highest BCUT2D eigenvalue weighted by Crippen LogP contribution is 2.43. The Labute approximate surface area is 167 Å². The fraction of sp³-hybridized carbons (Fsp3) is 0.739. The van der Waals surface area contributed by atoms with Gasteiger partial charge in [-0.1, -0.05) is 39.0 Å². The van der Waals surface area contributed by atoms with Crippen LogP contribution in [0, 0.1) is 11.6 Å². The van der Waals surface area contributed by atoms with Gasteiger partial charge < -0.3 is 15.5 Å². The normalized spacial score (nSPS) is 28.4. The molecule has 3 rings (SSSR count). The van der Waals surface area contributed by atoms with E-state index in [0.29, 0.717) is 24.8 Å². The van der Waals surface area contributed by atoms with Gasteiger partial charge in [-0.15, -0.1) is 0 Å². The summed E-state index contributed by atoms with van der Waals surface area (Å²) in [5, 5.41) is 25.9. The maximum absolute atomic E-state index is 13.4. The second-order valence-electron chi connectivity index (χ2n) is 9.18. The van der Waals surface area contributed by atoms with Crippen LogP contribution in [0.3, 0.4) is 0 Å². The van der Waals surface area contributed by atoms with Crippen LogP contribution < -0.4 is 5.32 Å². The Hall–Kier alpha value is -1.04. The van der Waals surface area contributed by atoms with Crippen molar-refractivity contribution in [1.29, 1.82) is 0 Å². The number of unbranched alkanes of at least 4 members (excludes halogenated alkanes) is 1. The average molecular weight is 396 g/mol. The van der Waals surface area contributed by atoms with Gasteiger partial charge in [0, 0.05) is 17.6 Å². The van der Waals surface area contributed by atoms with E-state index in [9.17, 15) is 19.0 Å². The molecule has 1 aliphatic carbocycles. The van der Waals surface area contributed by atoms with Crippen molar-refractivity contribution < 1.29 is 19.0 Å². The summed E-state index contributed by atoms with van der Waals surface area (Å²) in [5.41, 5.74) is -0.272. The van der Waals surface area contributed by atoms with Crippen molar-refractivity contribution in [2.45, 2.75) is 107 Å². The molecule has 3 unspecified atom stereocenters. The Balaban J connectivity index is 1.68. The quantitative estimate of drug-likeness (QED) is 0.631. The molecule has 0 bridgehead atoms. The maximum atomic E-state index is 13.4. The van der Waals surface area contributed by atoms with Crippen molar-refractivity contribution in [1.82, 2.24) is 5.32 Å². The van der Waals surface area contributed by atoms with E-state index < -0.39 is 23.3 Å². The minimum Gasteiger partial charge on any atom is -0.391 e. The second-order valence-corrected chi connectivity index (χ2v) is 9.18. The molecule has 1 spiro atoms. The summed E-state index contributed by atoms with van der Waals surface area (Å²) < 4.78 is 26.8. The molecular formula is C23H35F2NO2. The van der Waals surface area contributed by atoms with Gasteiger partial charge in [-0.3, -0.25) is 0 Å². The zero-order chi connectivity index (χ0) is 20.2. The summed E-state index contributed by atoms with van der Waals surface area (Å²) in [6.45, 7) is 2.13. The number of hydrogen-bond donors (Lipinski definition) is 3. The first-order valence-corrected chi connectivity index (χ1v) is 11.0. The molecule has 2 aliphatic rings. The van der Waals surface area contributed by atoms with E-state index in [-0.39, 0.29) is 11.6 Å². The fourth-order valence-electron chi connectivity index (χ4n) is 5.36. The van der Waals surface area contributed by atoms with E-state index in [1.807, 2.05) is 0 Å². The van der Waals surface area contributed by atoms with Crippen LogP contribution in [0.15, 0.2) is 18.2 Å². The molecule has 0 aromatic heterocycles. The SMILES string of the molecule is CCCCC1(O)CC(C(O)CCc2cc(F)cc(F)c2)NC2(CCCCC2)C1. The summed E-state index contributed by atoms with van der Waals surface area (Å²) in [5.74, 6) is -1.18. The number of aliphatic hydroxyl groups is 2. The molecule has 1 heterocycles. The second kappa shape index (κ2) is 9.19. The number of nitrogens with one attached hydrogen (secondary N) is 1. The third-order valence-corrected chi connectivity index (χ3v) is 6.68. The number of benzene rings is 1. The standard InChI is InChI=1S/C23H35F2NO2/c1-2-3-11-23(28)15-20(26-22(16-23)9-5-4-6-10-22)21(27)8-7-17-12-18(24)14-19(25)13-17/h12-14,20-21,26-28H,2-11,15-16H2,1H3. The first-order chi connectivity index (χ1) is 13.3. The lowest BCUT2D eigenvalue weighted by Gasteiger charge is -2.52. The number of hydrogen-bond acceptors (Lipinski definition) is 3. The molecule has 0 radical (unpaired) electrons. The Morgan fingerprint density at radius 3 is 2.46 bits per heavy atom. The molecule has 2 fully saturated rings. The number of aliphatic hydroxyl groups excluding tert-OH is 1. The number of piperidine rings is 1. The predicted octanol–water partition coefficient (Wildman–Crippen LogP) is 4.63. The first kappa shape index (κ1) is 21.7. The highest BCUT2D eigenvalue weighted by atomic mass is 19.1. The van der Waals surface area contributed by atoms with Crippen LogP contribution in [-0.4, -0.2) is 33.5 Å². The van der Waals surface area contributed by atoms with Crippen LogP contribution in [0.1, 0.15) is 83.1 Å². The lowest BCUT2D eigenvalue weighted by molar-refractivity contribution is -0.0816. The zero-order valence-corrected chi connectivity index (χ0v) is 17.0. The summed E-state index contributed by atoms with van der Waals surface area (Å²) in [6.07, 6.45) is 9.89. The van der Waals surface area contributed by atoms with Crippen LogP contribution in [0.25, 0.3) is 0 Å². The van der Waals surface area contributed by atoms with Crippen molar-refractivity contribution in [2.24, 2.45) is 0 Å². The summed E-state index contributed by atoms with van der Waals surface area (Å²) in [4.78, 5) is 0. The van der Waals surface area contributed by atoms with Gasteiger partial charge in [-0.05, 0) is 62.6 Å². The minimum atomic E-state index is -0.741. The smallest absolute Gasteiger partial charge is 0.126 e. The van der Waals surface area contributed by atoms with Crippen LogP contribution in [0.5, 0.6) is 0 Å². The monoisotopic (exact) mass is 395 g/mol. The molecule has 158 valence electrons. The van der Waals surface area contributed by atoms with E-state index in [4.69, 9.17) is 0 Å². The van der Waals surface area contributed by atoms with Crippen LogP contribution in [-0.2, 0) is 6.42 Å². The van der Waals surface area contributed by atoms with Gasteiger partial charge in [-0.25, -0.2) is 8.78 Å². The Morgan fingerprint density at radius 2 is 1.82 bits per heavy atom. The molecule has 3 N–H and O–H groups in total. The third-order valence-electron chi connectivity index (χ3n) is 6.68.